The summed E-state index contributed by atoms with van der Waals surface area (Å²) in [5.41, 5.74) is 3.13. The van der Waals surface area contributed by atoms with Crippen LogP contribution in [0.3, 0.4) is 0 Å². The Morgan fingerprint density at radius 3 is 2.87 bits per heavy atom. The first-order valence-electron chi connectivity index (χ1n) is 8.05. The lowest BCUT2D eigenvalue weighted by molar-refractivity contribution is 0.0674. The highest BCUT2D eigenvalue weighted by atomic mass is 35.5. The lowest BCUT2D eigenvalue weighted by Gasteiger charge is -2.25. The molecule has 23 heavy (non-hydrogen) atoms. The Bertz CT molecular complexity index is 638. The smallest absolute Gasteiger partial charge is 0.131 e. The Balaban J connectivity index is 1.76. The van der Waals surface area contributed by atoms with Crippen LogP contribution in [0.4, 0.5) is 0 Å². The summed E-state index contributed by atoms with van der Waals surface area (Å²) in [4.78, 5) is 6.80. The fourth-order valence-electron chi connectivity index (χ4n) is 3.06. The van der Waals surface area contributed by atoms with Crippen molar-refractivity contribution < 1.29 is 4.74 Å². The number of aryl methyl sites for hydroxylation is 2. The van der Waals surface area contributed by atoms with Crippen molar-refractivity contribution in [2.24, 2.45) is 7.05 Å². The van der Waals surface area contributed by atoms with Gasteiger partial charge in [0.1, 0.15) is 5.15 Å². The first-order valence-corrected chi connectivity index (χ1v) is 8.43. The van der Waals surface area contributed by atoms with E-state index in [1.54, 1.807) is 4.68 Å². The minimum absolute atomic E-state index is 0.300. The number of halogens is 1. The molecule has 2 aromatic rings. The lowest BCUT2D eigenvalue weighted by Crippen LogP contribution is -2.32. The van der Waals surface area contributed by atoms with Gasteiger partial charge in [-0.1, -0.05) is 17.7 Å². The number of hydrogen-bond acceptors (Lipinski definition) is 4. The third-order valence-electron chi connectivity index (χ3n) is 4.25. The third-order valence-corrected chi connectivity index (χ3v) is 4.72. The maximum absolute atomic E-state index is 6.40. The van der Waals surface area contributed by atoms with E-state index in [4.69, 9.17) is 16.3 Å². The predicted octanol–water partition coefficient (Wildman–Crippen LogP) is 2.96. The molecular formula is C17H23ClN4O. The van der Waals surface area contributed by atoms with Crippen LogP contribution in [-0.2, 0) is 24.9 Å². The molecule has 1 aliphatic heterocycles. The van der Waals surface area contributed by atoms with Crippen LogP contribution < -0.4 is 0 Å². The van der Waals surface area contributed by atoms with Crippen LogP contribution in [0, 0.1) is 6.92 Å². The molecule has 1 aliphatic rings. The van der Waals surface area contributed by atoms with Crippen LogP contribution in [-0.4, -0.2) is 38.9 Å². The Morgan fingerprint density at radius 1 is 1.39 bits per heavy atom. The van der Waals surface area contributed by atoms with Gasteiger partial charge in [-0.25, -0.2) is 0 Å². The van der Waals surface area contributed by atoms with Gasteiger partial charge in [-0.2, -0.15) is 5.10 Å². The molecular weight excluding hydrogens is 312 g/mol. The Morgan fingerprint density at radius 2 is 2.26 bits per heavy atom. The number of pyridine rings is 1. The third kappa shape index (κ3) is 4.10. The van der Waals surface area contributed by atoms with Crippen molar-refractivity contribution >= 4 is 11.6 Å². The van der Waals surface area contributed by atoms with E-state index in [0.29, 0.717) is 11.3 Å². The highest BCUT2D eigenvalue weighted by Gasteiger charge is 2.22. The minimum Gasteiger partial charge on any atom is -0.377 e. The molecule has 1 saturated heterocycles. The number of ether oxygens (including phenoxy) is 1. The normalized spacial score (nSPS) is 18.0. The van der Waals surface area contributed by atoms with Crippen molar-refractivity contribution in [1.29, 1.82) is 0 Å². The van der Waals surface area contributed by atoms with Crippen molar-refractivity contribution in [3.05, 3.63) is 46.5 Å². The van der Waals surface area contributed by atoms with Crippen LogP contribution in [0.5, 0.6) is 0 Å². The highest BCUT2D eigenvalue weighted by molar-refractivity contribution is 6.30. The molecule has 0 aliphatic carbocycles. The maximum atomic E-state index is 6.40. The summed E-state index contributed by atoms with van der Waals surface area (Å²) in [5, 5.41) is 5.12. The number of hydrogen-bond donors (Lipinski definition) is 0. The van der Waals surface area contributed by atoms with E-state index in [2.05, 4.69) is 21.0 Å². The molecule has 0 amide bonds. The van der Waals surface area contributed by atoms with Gasteiger partial charge in [-0.15, -0.1) is 0 Å². The summed E-state index contributed by atoms with van der Waals surface area (Å²) in [6.45, 7) is 5.31. The molecule has 3 rings (SSSR count). The Hall–Kier alpha value is -1.43. The van der Waals surface area contributed by atoms with Gasteiger partial charge in [-0.05, 0) is 31.9 Å². The van der Waals surface area contributed by atoms with Gasteiger partial charge < -0.3 is 4.74 Å². The zero-order chi connectivity index (χ0) is 16.2. The molecule has 0 unspecified atom stereocenters. The molecule has 0 saturated carbocycles. The molecule has 0 spiro atoms. The van der Waals surface area contributed by atoms with E-state index in [9.17, 15) is 0 Å². The highest BCUT2D eigenvalue weighted by Crippen LogP contribution is 2.23. The van der Waals surface area contributed by atoms with E-state index < -0.39 is 0 Å². The summed E-state index contributed by atoms with van der Waals surface area (Å²) >= 11 is 6.40. The largest absolute Gasteiger partial charge is 0.377 e. The molecule has 5 nitrogen and oxygen atoms in total. The maximum Gasteiger partial charge on any atom is 0.131 e. The molecule has 6 heteroatoms. The monoisotopic (exact) mass is 334 g/mol. The van der Waals surface area contributed by atoms with Crippen molar-refractivity contribution in [1.82, 2.24) is 19.7 Å². The predicted molar refractivity (Wildman–Crippen MR) is 90.3 cm³/mol. The molecule has 124 valence electrons. The van der Waals surface area contributed by atoms with E-state index in [-0.39, 0.29) is 0 Å². The van der Waals surface area contributed by atoms with Gasteiger partial charge in [-0.3, -0.25) is 14.6 Å². The molecule has 3 heterocycles. The summed E-state index contributed by atoms with van der Waals surface area (Å²) < 4.78 is 7.54. The molecule has 0 aromatic carbocycles. The van der Waals surface area contributed by atoms with Crippen LogP contribution in [0.1, 0.15) is 29.8 Å². The van der Waals surface area contributed by atoms with E-state index >= 15 is 0 Å². The first-order chi connectivity index (χ1) is 11.1. The quantitative estimate of drug-likeness (QED) is 0.814. The standard InChI is InChI=1S/C17H23ClN4O/c1-13-16(17(18)21(2)20-13)12-22(11-15-7-5-9-23-15)10-14-6-3-4-8-19-14/h3-4,6,8,15H,5,7,9-12H2,1-2H3/t15-/m1/s1. The van der Waals surface area contributed by atoms with Crippen molar-refractivity contribution in [2.45, 2.75) is 39.0 Å². The fraction of sp³-hybridized carbons (Fsp3) is 0.529. The Labute approximate surface area is 142 Å². The summed E-state index contributed by atoms with van der Waals surface area (Å²) in [7, 11) is 1.88. The molecule has 0 radical (unpaired) electrons. The fourth-order valence-corrected chi connectivity index (χ4v) is 3.29. The van der Waals surface area contributed by atoms with Gasteiger partial charge >= 0.3 is 0 Å². The SMILES string of the molecule is Cc1nn(C)c(Cl)c1CN(Cc1ccccn1)C[C@H]1CCCO1. The van der Waals surface area contributed by atoms with Crippen molar-refractivity contribution in [2.75, 3.05) is 13.2 Å². The Kier molecular flexibility index (Phi) is 5.30. The number of rotatable bonds is 6. The van der Waals surface area contributed by atoms with Gasteiger partial charge in [0.2, 0.25) is 0 Å². The van der Waals surface area contributed by atoms with Gasteiger partial charge in [0.05, 0.1) is 17.5 Å². The second kappa shape index (κ2) is 7.43. The molecule has 0 bridgehead atoms. The van der Waals surface area contributed by atoms with Crippen LogP contribution in [0.2, 0.25) is 5.15 Å². The molecule has 1 fully saturated rings. The lowest BCUT2D eigenvalue weighted by atomic mass is 10.2. The van der Waals surface area contributed by atoms with Gasteiger partial charge in [0, 0.05) is 45.0 Å². The van der Waals surface area contributed by atoms with Crippen LogP contribution in [0.15, 0.2) is 24.4 Å². The zero-order valence-corrected chi connectivity index (χ0v) is 14.5. The van der Waals surface area contributed by atoms with E-state index in [1.807, 2.05) is 32.3 Å². The average Bonchev–Trinajstić information content (AvgIpc) is 3.12. The van der Waals surface area contributed by atoms with E-state index in [1.165, 1.54) is 0 Å². The van der Waals surface area contributed by atoms with Gasteiger partial charge in [0.25, 0.3) is 0 Å². The summed E-state index contributed by atoms with van der Waals surface area (Å²) in [5.74, 6) is 0. The van der Waals surface area contributed by atoms with Crippen molar-refractivity contribution in [3.63, 3.8) is 0 Å². The van der Waals surface area contributed by atoms with Crippen molar-refractivity contribution in [3.8, 4) is 0 Å². The summed E-state index contributed by atoms with van der Waals surface area (Å²) in [6, 6.07) is 6.02. The topological polar surface area (TPSA) is 43.2 Å². The van der Waals surface area contributed by atoms with Crippen LogP contribution in [0.25, 0.3) is 0 Å². The van der Waals surface area contributed by atoms with Gasteiger partial charge in [0.15, 0.2) is 0 Å². The zero-order valence-electron chi connectivity index (χ0n) is 13.7. The number of aromatic nitrogens is 3. The molecule has 2 aromatic heterocycles. The summed E-state index contributed by atoms with van der Waals surface area (Å²) in [6.07, 6.45) is 4.41. The minimum atomic E-state index is 0.300. The average molecular weight is 335 g/mol. The molecule has 0 N–H and O–H groups in total. The van der Waals surface area contributed by atoms with E-state index in [0.717, 1.165) is 56.0 Å². The number of nitrogens with zero attached hydrogens (tertiary/aromatic N) is 4. The first kappa shape index (κ1) is 16.4. The second-order valence-electron chi connectivity index (χ2n) is 6.10. The van der Waals surface area contributed by atoms with Crippen LogP contribution >= 0.6 is 11.6 Å². The molecule has 1 atom stereocenters. The second-order valence-corrected chi connectivity index (χ2v) is 6.46.